The van der Waals surface area contributed by atoms with Gasteiger partial charge >= 0.3 is 0 Å². The number of aryl methyl sites for hydroxylation is 1. The summed E-state index contributed by atoms with van der Waals surface area (Å²) in [6, 6.07) is 7.53. The van der Waals surface area contributed by atoms with Crippen LogP contribution in [0.5, 0.6) is 0 Å². The molecule has 17 heavy (non-hydrogen) atoms. The standard InChI is InChI=1S/C13H20N2O2/c1-13(2,3)17-15-12(16)8-7-10-5-4-6-11(14)9-10/h4-6,9H,7-8,14H2,1-3H3,(H,15,16). The van der Waals surface area contributed by atoms with Crippen molar-refractivity contribution in [3.05, 3.63) is 29.8 Å². The summed E-state index contributed by atoms with van der Waals surface area (Å²) < 4.78 is 0. The number of hydroxylamine groups is 1. The van der Waals surface area contributed by atoms with Gasteiger partial charge in [-0.2, -0.15) is 0 Å². The van der Waals surface area contributed by atoms with Gasteiger partial charge in [0, 0.05) is 12.1 Å². The molecule has 0 fully saturated rings. The number of nitrogens with one attached hydrogen (secondary N) is 1. The summed E-state index contributed by atoms with van der Waals surface area (Å²) >= 11 is 0. The van der Waals surface area contributed by atoms with E-state index in [1.54, 1.807) is 0 Å². The van der Waals surface area contributed by atoms with Crippen molar-refractivity contribution in [3.8, 4) is 0 Å². The minimum Gasteiger partial charge on any atom is -0.399 e. The van der Waals surface area contributed by atoms with Crippen LogP contribution in [0.15, 0.2) is 24.3 Å². The molecule has 0 saturated carbocycles. The Morgan fingerprint density at radius 2 is 2.12 bits per heavy atom. The van der Waals surface area contributed by atoms with Crippen LogP contribution >= 0.6 is 0 Å². The molecule has 1 amide bonds. The van der Waals surface area contributed by atoms with E-state index < -0.39 is 0 Å². The molecule has 0 heterocycles. The van der Waals surface area contributed by atoms with Crippen molar-refractivity contribution in [2.75, 3.05) is 5.73 Å². The number of rotatable bonds is 4. The van der Waals surface area contributed by atoms with E-state index in [-0.39, 0.29) is 11.5 Å². The van der Waals surface area contributed by atoms with Gasteiger partial charge in [-0.25, -0.2) is 5.48 Å². The average molecular weight is 236 g/mol. The minimum absolute atomic E-state index is 0.123. The number of amides is 1. The molecule has 1 aromatic carbocycles. The molecule has 0 aliphatic heterocycles. The van der Waals surface area contributed by atoms with Gasteiger partial charge in [-0.05, 0) is 44.9 Å². The van der Waals surface area contributed by atoms with Crippen molar-refractivity contribution >= 4 is 11.6 Å². The molecule has 0 atom stereocenters. The molecule has 0 bridgehead atoms. The summed E-state index contributed by atoms with van der Waals surface area (Å²) in [5.41, 5.74) is 9.49. The number of hydrogen-bond donors (Lipinski definition) is 2. The molecule has 0 radical (unpaired) electrons. The zero-order valence-corrected chi connectivity index (χ0v) is 10.6. The van der Waals surface area contributed by atoms with Crippen LogP contribution in [0.2, 0.25) is 0 Å². The van der Waals surface area contributed by atoms with Crippen LogP contribution < -0.4 is 11.2 Å². The minimum atomic E-state index is -0.368. The van der Waals surface area contributed by atoms with E-state index >= 15 is 0 Å². The smallest absolute Gasteiger partial charge is 0.243 e. The lowest BCUT2D eigenvalue weighted by Gasteiger charge is -2.18. The predicted octanol–water partition coefficient (Wildman–Crippen LogP) is 2.05. The lowest BCUT2D eigenvalue weighted by Crippen LogP contribution is -2.33. The first-order valence-corrected chi connectivity index (χ1v) is 5.68. The molecule has 4 nitrogen and oxygen atoms in total. The largest absolute Gasteiger partial charge is 0.399 e. The van der Waals surface area contributed by atoms with Crippen LogP contribution in [0.1, 0.15) is 32.8 Å². The van der Waals surface area contributed by atoms with Crippen LogP contribution in [0.25, 0.3) is 0 Å². The van der Waals surface area contributed by atoms with Gasteiger partial charge in [0.25, 0.3) is 0 Å². The van der Waals surface area contributed by atoms with E-state index in [1.165, 1.54) is 0 Å². The Hall–Kier alpha value is -1.55. The highest BCUT2D eigenvalue weighted by Gasteiger charge is 2.12. The van der Waals surface area contributed by atoms with Gasteiger partial charge in [-0.1, -0.05) is 12.1 Å². The lowest BCUT2D eigenvalue weighted by molar-refractivity contribution is -0.145. The van der Waals surface area contributed by atoms with Gasteiger partial charge in [0.15, 0.2) is 0 Å². The molecule has 0 saturated heterocycles. The van der Waals surface area contributed by atoms with Gasteiger partial charge in [-0.15, -0.1) is 0 Å². The van der Waals surface area contributed by atoms with Crippen molar-refractivity contribution in [2.24, 2.45) is 0 Å². The monoisotopic (exact) mass is 236 g/mol. The normalized spacial score (nSPS) is 11.2. The molecule has 4 heteroatoms. The Morgan fingerprint density at radius 1 is 1.41 bits per heavy atom. The number of anilines is 1. The molecule has 3 N–H and O–H groups in total. The van der Waals surface area contributed by atoms with Gasteiger partial charge in [0.05, 0.1) is 5.60 Å². The Morgan fingerprint density at radius 3 is 2.71 bits per heavy atom. The summed E-state index contributed by atoms with van der Waals surface area (Å²) in [6.07, 6.45) is 1.05. The Labute approximate surface area is 102 Å². The van der Waals surface area contributed by atoms with Crippen LogP contribution in [-0.4, -0.2) is 11.5 Å². The molecular weight excluding hydrogens is 216 g/mol. The maximum atomic E-state index is 11.5. The number of benzene rings is 1. The van der Waals surface area contributed by atoms with E-state index in [0.29, 0.717) is 18.5 Å². The zero-order chi connectivity index (χ0) is 12.9. The van der Waals surface area contributed by atoms with Crippen molar-refractivity contribution in [1.82, 2.24) is 5.48 Å². The maximum Gasteiger partial charge on any atom is 0.243 e. The third kappa shape index (κ3) is 5.92. The van der Waals surface area contributed by atoms with Crippen molar-refractivity contribution in [3.63, 3.8) is 0 Å². The highest BCUT2D eigenvalue weighted by molar-refractivity contribution is 5.75. The zero-order valence-electron chi connectivity index (χ0n) is 10.6. The summed E-state index contributed by atoms with van der Waals surface area (Å²) in [6.45, 7) is 5.64. The SMILES string of the molecule is CC(C)(C)ONC(=O)CCc1cccc(N)c1. The second-order valence-electron chi connectivity index (χ2n) is 4.98. The molecular formula is C13H20N2O2. The third-order valence-corrected chi connectivity index (χ3v) is 2.06. The highest BCUT2D eigenvalue weighted by atomic mass is 16.7. The molecule has 1 rings (SSSR count). The molecule has 0 spiro atoms. The number of carbonyl (C=O) groups excluding carboxylic acids is 1. The van der Waals surface area contributed by atoms with Crippen molar-refractivity contribution < 1.29 is 9.63 Å². The lowest BCUT2D eigenvalue weighted by atomic mass is 10.1. The fraction of sp³-hybridized carbons (Fsp3) is 0.462. The van der Waals surface area contributed by atoms with E-state index in [1.807, 2.05) is 45.0 Å². The first-order valence-electron chi connectivity index (χ1n) is 5.68. The van der Waals surface area contributed by atoms with Crippen LogP contribution in [0.3, 0.4) is 0 Å². The topological polar surface area (TPSA) is 64.3 Å². The molecule has 94 valence electrons. The Balaban J connectivity index is 2.33. The fourth-order valence-corrected chi connectivity index (χ4v) is 1.27. The van der Waals surface area contributed by atoms with E-state index in [2.05, 4.69) is 5.48 Å². The maximum absolute atomic E-state index is 11.5. The highest BCUT2D eigenvalue weighted by Crippen LogP contribution is 2.09. The van der Waals surface area contributed by atoms with E-state index in [9.17, 15) is 4.79 Å². The number of nitrogens with two attached hydrogens (primary N) is 1. The molecule has 0 aromatic heterocycles. The average Bonchev–Trinajstić information content (AvgIpc) is 2.23. The van der Waals surface area contributed by atoms with E-state index in [4.69, 9.17) is 10.6 Å². The summed E-state index contributed by atoms with van der Waals surface area (Å²) in [5.74, 6) is -0.123. The Kier molecular flexibility index (Phi) is 4.52. The molecule has 1 aromatic rings. The summed E-state index contributed by atoms with van der Waals surface area (Å²) in [5, 5.41) is 0. The first kappa shape index (κ1) is 13.5. The van der Waals surface area contributed by atoms with Crippen LogP contribution in [0, 0.1) is 0 Å². The van der Waals surface area contributed by atoms with Gasteiger partial charge < -0.3 is 5.73 Å². The van der Waals surface area contributed by atoms with Crippen molar-refractivity contribution in [2.45, 2.75) is 39.2 Å². The quantitative estimate of drug-likeness (QED) is 0.621. The molecule has 0 aliphatic rings. The van der Waals surface area contributed by atoms with Gasteiger partial charge in [-0.3, -0.25) is 9.63 Å². The number of carbonyl (C=O) groups is 1. The Bertz CT molecular complexity index is 383. The predicted molar refractivity (Wildman–Crippen MR) is 68.2 cm³/mol. The van der Waals surface area contributed by atoms with Crippen LogP contribution in [-0.2, 0) is 16.1 Å². The van der Waals surface area contributed by atoms with E-state index in [0.717, 1.165) is 5.56 Å². The van der Waals surface area contributed by atoms with Gasteiger partial charge in [0.1, 0.15) is 0 Å². The second kappa shape index (κ2) is 5.68. The summed E-state index contributed by atoms with van der Waals surface area (Å²) in [4.78, 5) is 16.7. The molecule has 0 unspecified atom stereocenters. The fourth-order valence-electron chi connectivity index (χ4n) is 1.27. The number of nitrogen functional groups attached to an aromatic ring is 1. The van der Waals surface area contributed by atoms with Crippen LogP contribution in [0.4, 0.5) is 5.69 Å². The third-order valence-electron chi connectivity index (χ3n) is 2.06. The molecule has 0 aliphatic carbocycles. The second-order valence-corrected chi connectivity index (χ2v) is 4.98. The van der Waals surface area contributed by atoms with Crippen molar-refractivity contribution in [1.29, 1.82) is 0 Å². The number of hydrogen-bond acceptors (Lipinski definition) is 3. The first-order chi connectivity index (χ1) is 7.87. The van der Waals surface area contributed by atoms with Gasteiger partial charge in [0.2, 0.25) is 5.91 Å². The summed E-state index contributed by atoms with van der Waals surface area (Å²) in [7, 11) is 0.